The van der Waals surface area contributed by atoms with Gasteiger partial charge in [-0.25, -0.2) is 0 Å². The molecule has 0 radical (unpaired) electrons. The molecule has 74 valence electrons. The number of hydrogen-bond acceptors (Lipinski definition) is 4. The van der Waals surface area contributed by atoms with Crippen molar-refractivity contribution in [3.05, 3.63) is 0 Å². The molecule has 0 aliphatic carbocycles. The molecule has 1 fully saturated rings. The average molecular weight is 186 g/mol. The minimum Gasteiger partial charge on any atom is -0.436 e. The molecule has 0 unspecified atom stereocenters. The molecule has 1 aliphatic rings. The maximum absolute atomic E-state index is 11.1. The third-order valence-electron chi connectivity index (χ3n) is 2.31. The summed E-state index contributed by atoms with van der Waals surface area (Å²) in [5, 5.41) is 0. The number of Topliss-reactive ketones (excluding diaryl/α,β-unsaturated/α-hetero) is 1. The molecule has 1 heterocycles. The number of rotatable bonds is 2. The molecule has 0 bridgehead atoms. The first kappa shape index (κ1) is 10.2. The molecule has 4 heteroatoms. The lowest BCUT2D eigenvalue weighted by molar-refractivity contribution is -0.172. The summed E-state index contributed by atoms with van der Waals surface area (Å²) in [5.41, 5.74) is 0. The zero-order valence-corrected chi connectivity index (χ0v) is 8.07. The predicted octanol–water partition coefficient (Wildman–Crippen LogP) is 0.747. The van der Waals surface area contributed by atoms with Crippen LogP contribution in [0.25, 0.3) is 0 Å². The molecular weight excluding hydrogens is 172 g/mol. The van der Waals surface area contributed by atoms with Crippen LogP contribution in [0.2, 0.25) is 0 Å². The highest BCUT2D eigenvalue weighted by atomic mass is 16.7. The van der Waals surface area contributed by atoms with Crippen LogP contribution in [0.15, 0.2) is 0 Å². The van der Waals surface area contributed by atoms with Crippen LogP contribution in [0, 0.1) is 11.8 Å². The number of carbonyl (C=O) groups excluding carboxylic acids is 2. The molecule has 1 aliphatic heterocycles. The van der Waals surface area contributed by atoms with Crippen LogP contribution >= 0.6 is 0 Å². The van der Waals surface area contributed by atoms with Crippen LogP contribution in [-0.2, 0) is 19.1 Å². The summed E-state index contributed by atoms with van der Waals surface area (Å²) in [7, 11) is 0. The zero-order valence-electron chi connectivity index (χ0n) is 8.07. The number of esters is 1. The van der Waals surface area contributed by atoms with Crippen molar-refractivity contribution in [2.75, 3.05) is 6.61 Å². The highest BCUT2D eigenvalue weighted by molar-refractivity contribution is 5.79. The van der Waals surface area contributed by atoms with Gasteiger partial charge < -0.3 is 9.47 Å². The number of carbonyl (C=O) groups is 2. The second-order valence-corrected chi connectivity index (χ2v) is 3.39. The summed E-state index contributed by atoms with van der Waals surface area (Å²) in [4.78, 5) is 21.7. The Bertz CT molecular complexity index is 224. The highest BCUT2D eigenvalue weighted by Crippen LogP contribution is 2.28. The van der Waals surface area contributed by atoms with E-state index < -0.39 is 6.29 Å². The Balaban J connectivity index is 2.54. The van der Waals surface area contributed by atoms with Crippen LogP contribution in [0.1, 0.15) is 20.8 Å². The molecule has 13 heavy (non-hydrogen) atoms. The van der Waals surface area contributed by atoms with E-state index in [1.807, 2.05) is 6.92 Å². The quantitative estimate of drug-likeness (QED) is 0.597. The van der Waals surface area contributed by atoms with Crippen LogP contribution in [0.3, 0.4) is 0 Å². The summed E-state index contributed by atoms with van der Waals surface area (Å²) in [6.07, 6.45) is -0.550. The fraction of sp³-hybridized carbons (Fsp3) is 0.778. The van der Waals surface area contributed by atoms with E-state index in [9.17, 15) is 9.59 Å². The first-order chi connectivity index (χ1) is 6.02. The van der Waals surface area contributed by atoms with Gasteiger partial charge >= 0.3 is 5.97 Å². The molecule has 4 nitrogen and oxygen atoms in total. The monoisotopic (exact) mass is 186 g/mol. The van der Waals surface area contributed by atoms with Gasteiger partial charge in [0.15, 0.2) is 0 Å². The third kappa shape index (κ3) is 2.28. The summed E-state index contributed by atoms with van der Waals surface area (Å²) < 4.78 is 10.1. The molecule has 0 amide bonds. The van der Waals surface area contributed by atoms with E-state index in [0.29, 0.717) is 6.61 Å². The molecule has 1 rings (SSSR count). The van der Waals surface area contributed by atoms with Crippen molar-refractivity contribution >= 4 is 11.8 Å². The lowest BCUT2D eigenvalue weighted by Gasteiger charge is -2.15. The summed E-state index contributed by atoms with van der Waals surface area (Å²) in [6, 6.07) is 0. The van der Waals surface area contributed by atoms with E-state index in [1.165, 1.54) is 13.8 Å². The molecule has 0 aromatic rings. The maximum atomic E-state index is 11.1. The average Bonchev–Trinajstić information content (AvgIpc) is 2.32. The molecule has 0 aromatic carbocycles. The third-order valence-corrected chi connectivity index (χ3v) is 2.31. The van der Waals surface area contributed by atoms with Gasteiger partial charge in [-0.1, -0.05) is 6.92 Å². The fourth-order valence-corrected chi connectivity index (χ4v) is 1.48. The SMILES string of the molecule is CC(=O)O[C@@H]1OC[C@@H](C(C)=O)[C@H]1C. The summed E-state index contributed by atoms with van der Waals surface area (Å²) in [5.74, 6) is -0.464. The van der Waals surface area contributed by atoms with Gasteiger partial charge in [-0.15, -0.1) is 0 Å². The Hall–Kier alpha value is -0.900. The van der Waals surface area contributed by atoms with Crippen molar-refractivity contribution in [2.45, 2.75) is 27.1 Å². The Labute approximate surface area is 77.2 Å². The standard InChI is InChI=1S/C9H14O4/c1-5-8(6(2)10)4-12-9(5)13-7(3)11/h5,8-9H,4H2,1-3H3/t5-,8-,9+/m1/s1. The summed E-state index contributed by atoms with van der Waals surface area (Å²) >= 11 is 0. The number of ether oxygens (including phenoxy) is 2. The van der Waals surface area contributed by atoms with E-state index in [2.05, 4.69) is 0 Å². The van der Waals surface area contributed by atoms with E-state index in [4.69, 9.17) is 9.47 Å². The van der Waals surface area contributed by atoms with E-state index in [-0.39, 0.29) is 23.6 Å². The second kappa shape index (κ2) is 3.87. The fourth-order valence-electron chi connectivity index (χ4n) is 1.48. The van der Waals surface area contributed by atoms with Crippen LogP contribution < -0.4 is 0 Å². The van der Waals surface area contributed by atoms with Crippen molar-refractivity contribution < 1.29 is 19.1 Å². The summed E-state index contributed by atoms with van der Waals surface area (Å²) in [6.45, 7) is 5.07. The van der Waals surface area contributed by atoms with Gasteiger partial charge in [0.2, 0.25) is 6.29 Å². The molecule has 0 spiro atoms. The van der Waals surface area contributed by atoms with Crippen molar-refractivity contribution in [3.8, 4) is 0 Å². The van der Waals surface area contributed by atoms with Gasteiger partial charge in [0.1, 0.15) is 5.78 Å². The van der Waals surface area contributed by atoms with Gasteiger partial charge in [0.05, 0.1) is 6.61 Å². The largest absolute Gasteiger partial charge is 0.436 e. The zero-order chi connectivity index (χ0) is 10.0. The Morgan fingerprint density at radius 3 is 2.38 bits per heavy atom. The first-order valence-corrected chi connectivity index (χ1v) is 4.31. The molecule has 0 saturated carbocycles. The predicted molar refractivity (Wildman–Crippen MR) is 44.8 cm³/mol. The van der Waals surface area contributed by atoms with Gasteiger partial charge in [-0.3, -0.25) is 9.59 Å². The minimum absolute atomic E-state index is 0.0404. The molecular formula is C9H14O4. The molecule has 0 aromatic heterocycles. The lowest BCUT2D eigenvalue weighted by atomic mass is 9.93. The minimum atomic E-state index is -0.550. The van der Waals surface area contributed by atoms with Crippen LogP contribution in [-0.4, -0.2) is 24.6 Å². The van der Waals surface area contributed by atoms with E-state index in [0.717, 1.165) is 0 Å². The Morgan fingerprint density at radius 2 is 2.00 bits per heavy atom. The van der Waals surface area contributed by atoms with Gasteiger partial charge in [-0.2, -0.15) is 0 Å². The van der Waals surface area contributed by atoms with Crippen molar-refractivity contribution in [1.82, 2.24) is 0 Å². The van der Waals surface area contributed by atoms with Gasteiger partial charge in [-0.05, 0) is 6.92 Å². The van der Waals surface area contributed by atoms with Crippen LogP contribution in [0.5, 0.6) is 0 Å². The number of ketones is 1. The smallest absolute Gasteiger partial charge is 0.304 e. The Kier molecular flexibility index (Phi) is 3.03. The van der Waals surface area contributed by atoms with Crippen molar-refractivity contribution in [2.24, 2.45) is 11.8 Å². The topological polar surface area (TPSA) is 52.6 Å². The van der Waals surface area contributed by atoms with Crippen molar-refractivity contribution in [1.29, 1.82) is 0 Å². The first-order valence-electron chi connectivity index (χ1n) is 4.31. The van der Waals surface area contributed by atoms with E-state index in [1.54, 1.807) is 0 Å². The normalized spacial score (nSPS) is 33.0. The van der Waals surface area contributed by atoms with Gasteiger partial charge in [0, 0.05) is 18.8 Å². The maximum Gasteiger partial charge on any atom is 0.304 e. The Morgan fingerprint density at radius 1 is 1.38 bits per heavy atom. The van der Waals surface area contributed by atoms with E-state index >= 15 is 0 Å². The highest BCUT2D eigenvalue weighted by Gasteiger charge is 2.38. The van der Waals surface area contributed by atoms with Gasteiger partial charge in [0.25, 0.3) is 0 Å². The molecule has 3 atom stereocenters. The van der Waals surface area contributed by atoms with Crippen molar-refractivity contribution in [3.63, 3.8) is 0 Å². The molecule has 1 saturated heterocycles. The second-order valence-electron chi connectivity index (χ2n) is 3.39. The molecule has 0 N–H and O–H groups in total. The number of hydrogen-bond donors (Lipinski definition) is 0. The van der Waals surface area contributed by atoms with Crippen LogP contribution in [0.4, 0.5) is 0 Å². The lowest BCUT2D eigenvalue weighted by Crippen LogP contribution is -2.25.